The Labute approximate surface area is 191 Å². The van der Waals surface area contributed by atoms with Gasteiger partial charge in [0.25, 0.3) is 0 Å². The Bertz CT molecular complexity index is 947. The first-order chi connectivity index (χ1) is 15.7. The third-order valence-corrected chi connectivity index (χ3v) is 5.45. The molecule has 0 saturated carbocycles. The van der Waals surface area contributed by atoms with Crippen LogP contribution in [0.2, 0.25) is 0 Å². The van der Waals surface area contributed by atoms with E-state index in [1.54, 1.807) is 12.1 Å². The Morgan fingerprint density at radius 1 is 0.688 bits per heavy atom. The highest BCUT2D eigenvalue weighted by Gasteiger charge is 2.03. The third-order valence-electron chi connectivity index (χ3n) is 5.45. The molecular formula is C28H33NO3. The lowest BCUT2D eigenvalue weighted by molar-refractivity contribution is 0.1000. The number of rotatable bonds is 13. The Hall–Kier alpha value is -3.27. The van der Waals surface area contributed by atoms with Crippen molar-refractivity contribution in [1.82, 2.24) is 0 Å². The molecule has 2 N–H and O–H groups in total. The monoisotopic (exact) mass is 431 g/mol. The molecule has 0 aromatic heterocycles. The van der Waals surface area contributed by atoms with Crippen molar-refractivity contribution in [2.24, 2.45) is 5.73 Å². The van der Waals surface area contributed by atoms with Gasteiger partial charge in [0.15, 0.2) is 0 Å². The first kappa shape index (κ1) is 23.4. The zero-order valence-corrected chi connectivity index (χ0v) is 18.9. The van der Waals surface area contributed by atoms with Crippen LogP contribution in [0.15, 0.2) is 72.8 Å². The van der Waals surface area contributed by atoms with Crippen LogP contribution in [0, 0.1) is 0 Å². The van der Waals surface area contributed by atoms with Crippen molar-refractivity contribution in [3.8, 4) is 22.6 Å². The van der Waals surface area contributed by atoms with Crippen molar-refractivity contribution < 1.29 is 14.3 Å². The van der Waals surface area contributed by atoms with Crippen LogP contribution >= 0.6 is 0 Å². The van der Waals surface area contributed by atoms with Crippen molar-refractivity contribution in [2.75, 3.05) is 6.61 Å². The van der Waals surface area contributed by atoms with E-state index in [1.165, 1.54) is 32.1 Å². The van der Waals surface area contributed by atoms with Crippen LogP contribution in [0.1, 0.15) is 61.4 Å². The second-order valence-electron chi connectivity index (χ2n) is 8.01. The second-order valence-corrected chi connectivity index (χ2v) is 8.01. The van der Waals surface area contributed by atoms with Gasteiger partial charge in [-0.3, -0.25) is 4.79 Å². The highest BCUT2D eigenvalue weighted by molar-refractivity contribution is 5.92. The van der Waals surface area contributed by atoms with Gasteiger partial charge in [0.05, 0.1) is 6.61 Å². The smallest absolute Gasteiger partial charge is 0.248 e. The van der Waals surface area contributed by atoms with Crippen LogP contribution < -0.4 is 15.2 Å². The minimum atomic E-state index is -0.426. The number of nitrogens with two attached hydrogens (primary N) is 1. The fourth-order valence-corrected chi connectivity index (χ4v) is 3.49. The summed E-state index contributed by atoms with van der Waals surface area (Å²) in [5, 5.41) is 0. The fraction of sp³-hybridized carbons (Fsp3) is 0.321. The summed E-state index contributed by atoms with van der Waals surface area (Å²) in [5.74, 6) is 1.29. The number of unbranched alkanes of at least 4 members (excludes halogenated alkanes) is 5. The normalized spacial score (nSPS) is 10.7. The summed E-state index contributed by atoms with van der Waals surface area (Å²) in [6.07, 6.45) is 7.61. The highest BCUT2D eigenvalue weighted by atomic mass is 16.5. The molecule has 0 saturated heterocycles. The number of hydrogen-bond donors (Lipinski definition) is 1. The van der Waals surface area contributed by atoms with Crippen molar-refractivity contribution in [3.63, 3.8) is 0 Å². The number of amides is 1. The standard InChI is InChI=1S/C28H33NO3/c1-2-3-4-5-6-7-20-31-26-16-12-23(13-17-26)24-14-18-27(19-15-24)32-21-22-8-10-25(11-9-22)28(29)30/h8-19H,2-7,20-21H2,1H3,(H2,29,30). The predicted molar refractivity (Wildman–Crippen MR) is 130 cm³/mol. The van der Waals surface area contributed by atoms with Crippen LogP contribution in [0.25, 0.3) is 11.1 Å². The summed E-state index contributed by atoms with van der Waals surface area (Å²) < 4.78 is 11.7. The van der Waals surface area contributed by atoms with Gasteiger partial charge in [-0.1, -0.05) is 75.4 Å². The molecule has 3 rings (SSSR count). The lowest BCUT2D eigenvalue weighted by atomic mass is 10.1. The molecule has 0 aliphatic rings. The number of carbonyl (C=O) groups is 1. The SMILES string of the molecule is CCCCCCCCOc1ccc(-c2ccc(OCc3ccc(C(N)=O)cc3)cc2)cc1. The highest BCUT2D eigenvalue weighted by Crippen LogP contribution is 2.25. The van der Waals surface area contributed by atoms with Crippen molar-refractivity contribution in [3.05, 3.63) is 83.9 Å². The molecule has 0 atom stereocenters. The molecular weight excluding hydrogens is 398 g/mol. The average molecular weight is 432 g/mol. The molecule has 3 aromatic rings. The molecule has 1 amide bonds. The maximum Gasteiger partial charge on any atom is 0.248 e. The summed E-state index contributed by atoms with van der Waals surface area (Å²) in [6, 6.07) is 23.4. The zero-order valence-electron chi connectivity index (χ0n) is 18.9. The summed E-state index contributed by atoms with van der Waals surface area (Å²) in [7, 11) is 0. The van der Waals surface area contributed by atoms with E-state index in [0.717, 1.165) is 41.2 Å². The number of primary amides is 1. The molecule has 32 heavy (non-hydrogen) atoms. The number of ether oxygens (including phenoxy) is 2. The number of hydrogen-bond acceptors (Lipinski definition) is 3. The van der Waals surface area contributed by atoms with Crippen molar-refractivity contribution >= 4 is 5.91 Å². The minimum Gasteiger partial charge on any atom is -0.494 e. The molecule has 0 aliphatic heterocycles. The van der Waals surface area contributed by atoms with E-state index in [0.29, 0.717) is 12.2 Å². The lowest BCUT2D eigenvalue weighted by Crippen LogP contribution is -2.10. The fourth-order valence-electron chi connectivity index (χ4n) is 3.49. The first-order valence-electron chi connectivity index (χ1n) is 11.5. The average Bonchev–Trinajstić information content (AvgIpc) is 2.83. The number of carbonyl (C=O) groups excluding carboxylic acids is 1. The van der Waals surface area contributed by atoms with E-state index in [9.17, 15) is 4.79 Å². The Morgan fingerprint density at radius 2 is 1.22 bits per heavy atom. The molecule has 0 unspecified atom stereocenters. The minimum absolute atomic E-state index is 0.426. The van der Waals surface area contributed by atoms with Crippen LogP contribution in [0.5, 0.6) is 11.5 Å². The Balaban J connectivity index is 1.44. The van der Waals surface area contributed by atoms with E-state index in [2.05, 4.69) is 31.2 Å². The second kappa shape index (κ2) is 12.6. The molecule has 168 valence electrons. The molecule has 0 aliphatic carbocycles. The van der Waals surface area contributed by atoms with Crippen LogP contribution in [-0.2, 0) is 6.61 Å². The Morgan fingerprint density at radius 3 is 1.78 bits per heavy atom. The van der Waals surface area contributed by atoms with E-state index in [1.807, 2.05) is 36.4 Å². The van der Waals surface area contributed by atoms with Gasteiger partial charge in [-0.25, -0.2) is 0 Å². The van der Waals surface area contributed by atoms with Gasteiger partial charge in [-0.15, -0.1) is 0 Å². The molecule has 0 fully saturated rings. The van der Waals surface area contributed by atoms with E-state index in [4.69, 9.17) is 15.2 Å². The van der Waals surface area contributed by atoms with E-state index in [-0.39, 0.29) is 0 Å². The van der Waals surface area contributed by atoms with Gasteiger partial charge in [-0.2, -0.15) is 0 Å². The molecule has 4 nitrogen and oxygen atoms in total. The molecule has 3 aromatic carbocycles. The molecule has 0 bridgehead atoms. The predicted octanol–water partition coefficient (Wildman–Crippen LogP) is 6.77. The largest absolute Gasteiger partial charge is 0.494 e. The van der Waals surface area contributed by atoms with Crippen molar-refractivity contribution in [2.45, 2.75) is 52.1 Å². The van der Waals surface area contributed by atoms with Crippen LogP contribution in [0.4, 0.5) is 0 Å². The van der Waals surface area contributed by atoms with E-state index < -0.39 is 5.91 Å². The maximum absolute atomic E-state index is 11.1. The quantitative estimate of drug-likeness (QED) is 0.304. The van der Waals surface area contributed by atoms with Crippen molar-refractivity contribution in [1.29, 1.82) is 0 Å². The molecule has 0 radical (unpaired) electrons. The van der Waals surface area contributed by atoms with Gasteiger partial charge >= 0.3 is 0 Å². The van der Waals surface area contributed by atoms with Crippen LogP contribution in [0.3, 0.4) is 0 Å². The van der Waals surface area contributed by atoms with Gasteiger partial charge in [0.2, 0.25) is 5.91 Å². The van der Waals surface area contributed by atoms with Gasteiger partial charge < -0.3 is 15.2 Å². The summed E-state index contributed by atoms with van der Waals surface area (Å²) in [6.45, 7) is 3.46. The third kappa shape index (κ3) is 7.45. The van der Waals surface area contributed by atoms with Crippen LogP contribution in [-0.4, -0.2) is 12.5 Å². The maximum atomic E-state index is 11.1. The van der Waals surface area contributed by atoms with Gasteiger partial charge in [0, 0.05) is 5.56 Å². The summed E-state index contributed by atoms with van der Waals surface area (Å²) in [5.41, 5.74) is 9.02. The number of benzene rings is 3. The lowest BCUT2D eigenvalue weighted by Gasteiger charge is -2.09. The van der Waals surface area contributed by atoms with E-state index >= 15 is 0 Å². The zero-order chi connectivity index (χ0) is 22.6. The molecule has 0 spiro atoms. The van der Waals surface area contributed by atoms with Gasteiger partial charge in [0.1, 0.15) is 18.1 Å². The Kier molecular flexibility index (Phi) is 9.18. The topological polar surface area (TPSA) is 61.6 Å². The first-order valence-corrected chi connectivity index (χ1v) is 11.5. The molecule has 4 heteroatoms. The van der Waals surface area contributed by atoms with Gasteiger partial charge in [-0.05, 0) is 59.5 Å². The molecule has 0 heterocycles. The summed E-state index contributed by atoms with van der Waals surface area (Å²) >= 11 is 0. The summed E-state index contributed by atoms with van der Waals surface area (Å²) in [4.78, 5) is 11.1.